The Morgan fingerprint density at radius 1 is 1.03 bits per heavy atom. The molecule has 0 saturated carbocycles. The van der Waals surface area contributed by atoms with Gasteiger partial charge in [-0.05, 0) is 42.0 Å². The zero-order valence-corrected chi connectivity index (χ0v) is 18.8. The smallest absolute Gasteiger partial charge is 0.267 e. The van der Waals surface area contributed by atoms with Gasteiger partial charge in [-0.25, -0.2) is 0 Å². The predicted octanol–water partition coefficient (Wildman–Crippen LogP) is 5.41. The molecule has 0 aliphatic rings. The second-order valence-corrected chi connectivity index (χ2v) is 8.39. The first kappa shape index (κ1) is 23.0. The van der Waals surface area contributed by atoms with E-state index >= 15 is 0 Å². The molecule has 0 saturated heterocycles. The van der Waals surface area contributed by atoms with Crippen LogP contribution >= 0.6 is 35.0 Å². The molecular formula is C23H20Cl2N2O3S. The molecule has 0 bridgehead atoms. The van der Waals surface area contributed by atoms with Gasteiger partial charge in [0.1, 0.15) is 11.5 Å². The van der Waals surface area contributed by atoms with Crippen LogP contribution < -0.4 is 10.6 Å². The zero-order valence-electron chi connectivity index (χ0n) is 16.4. The molecule has 8 heteroatoms. The monoisotopic (exact) mass is 474 g/mol. The third kappa shape index (κ3) is 7.21. The molecule has 0 fully saturated rings. The summed E-state index contributed by atoms with van der Waals surface area (Å²) < 4.78 is 5.28. The maximum atomic E-state index is 12.7. The number of hydrogen-bond donors (Lipinski definition) is 2. The van der Waals surface area contributed by atoms with E-state index in [1.807, 2.05) is 12.1 Å². The molecule has 0 atom stereocenters. The molecule has 31 heavy (non-hydrogen) atoms. The third-order valence-electron chi connectivity index (χ3n) is 4.16. The van der Waals surface area contributed by atoms with E-state index < -0.39 is 5.91 Å². The number of halogens is 2. The van der Waals surface area contributed by atoms with Gasteiger partial charge in [0.25, 0.3) is 11.8 Å². The Morgan fingerprint density at radius 3 is 2.55 bits per heavy atom. The first-order valence-electron chi connectivity index (χ1n) is 9.44. The fourth-order valence-electron chi connectivity index (χ4n) is 2.61. The Balaban J connectivity index is 1.55. The van der Waals surface area contributed by atoms with Gasteiger partial charge in [-0.3, -0.25) is 9.59 Å². The lowest BCUT2D eigenvalue weighted by molar-refractivity contribution is -0.117. The molecule has 2 amide bonds. The molecule has 0 spiro atoms. The maximum absolute atomic E-state index is 12.7. The van der Waals surface area contributed by atoms with Gasteiger partial charge in [-0.1, -0.05) is 47.5 Å². The van der Waals surface area contributed by atoms with Crippen molar-refractivity contribution in [1.29, 1.82) is 0 Å². The molecular weight excluding hydrogens is 455 g/mol. The lowest BCUT2D eigenvalue weighted by Crippen LogP contribution is -2.35. The minimum Gasteiger partial charge on any atom is -0.465 e. The van der Waals surface area contributed by atoms with Crippen LogP contribution in [0.2, 0.25) is 10.0 Å². The van der Waals surface area contributed by atoms with Crippen molar-refractivity contribution in [3.63, 3.8) is 0 Å². The van der Waals surface area contributed by atoms with Crippen molar-refractivity contribution < 1.29 is 14.0 Å². The van der Waals surface area contributed by atoms with Crippen molar-refractivity contribution in [3.8, 4) is 0 Å². The van der Waals surface area contributed by atoms with E-state index in [-0.39, 0.29) is 11.6 Å². The Morgan fingerprint density at radius 2 is 1.84 bits per heavy atom. The summed E-state index contributed by atoms with van der Waals surface area (Å²) in [6.45, 7) is 0.422. The Labute approximate surface area is 194 Å². The van der Waals surface area contributed by atoms with Crippen molar-refractivity contribution in [3.05, 3.63) is 99.6 Å². The molecule has 3 rings (SSSR count). The zero-order chi connectivity index (χ0) is 22.1. The van der Waals surface area contributed by atoms with Crippen molar-refractivity contribution in [2.75, 3.05) is 12.3 Å². The van der Waals surface area contributed by atoms with E-state index in [2.05, 4.69) is 10.6 Å². The van der Waals surface area contributed by atoms with Gasteiger partial charge in [-0.15, -0.1) is 0 Å². The van der Waals surface area contributed by atoms with Crippen molar-refractivity contribution in [1.82, 2.24) is 10.6 Å². The van der Waals surface area contributed by atoms with Crippen LogP contribution in [0.5, 0.6) is 0 Å². The molecule has 2 N–H and O–H groups in total. The van der Waals surface area contributed by atoms with E-state index in [9.17, 15) is 9.59 Å². The summed E-state index contributed by atoms with van der Waals surface area (Å²) in [5.41, 5.74) is 1.54. The summed E-state index contributed by atoms with van der Waals surface area (Å²) in [5.74, 6) is 1.06. The van der Waals surface area contributed by atoms with Gasteiger partial charge in [0.15, 0.2) is 0 Å². The van der Waals surface area contributed by atoms with Gasteiger partial charge in [0, 0.05) is 39.7 Å². The van der Waals surface area contributed by atoms with Crippen molar-refractivity contribution in [2.24, 2.45) is 0 Å². The maximum Gasteiger partial charge on any atom is 0.267 e. The number of furan rings is 1. The average molecular weight is 475 g/mol. The second-order valence-electron chi connectivity index (χ2n) is 6.44. The highest BCUT2D eigenvalue weighted by molar-refractivity contribution is 7.98. The number of carbonyl (C=O) groups excluding carboxylic acids is 2. The quantitative estimate of drug-likeness (QED) is 0.321. The Kier molecular flexibility index (Phi) is 8.64. The molecule has 0 radical (unpaired) electrons. The summed E-state index contributed by atoms with van der Waals surface area (Å²) in [6, 6.07) is 17.5. The average Bonchev–Trinajstić information content (AvgIpc) is 3.28. The van der Waals surface area contributed by atoms with Crippen LogP contribution in [0, 0.1) is 0 Å². The molecule has 3 aromatic rings. The minimum atomic E-state index is -0.397. The number of amides is 2. The molecule has 0 aliphatic heterocycles. The van der Waals surface area contributed by atoms with Crippen LogP contribution in [0.25, 0.3) is 6.08 Å². The summed E-state index contributed by atoms with van der Waals surface area (Å²) in [6.07, 6.45) is 3.00. The van der Waals surface area contributed by atoms with E-state index in [1.165, 1.54) is 12.3 Å². The highest BCUT2D eigenvalue weighted by Crippen LogP contribution is 2.24. The highest BCUT2D eigenvalue weighted by Gasteiger charge is 2.15. The van der Waals surface area contributed by atoms with Crippen molar-refractivity contribution >= 4 is 52.9 Å². The van der Waals surface area contributed by atoms with Gasteiger partial charge in [0.05, 0.1) is 6.26 Å². The van der Waals surface area contributed by atoms with Gasteiger partial charge >= 0.3 is 0 Å². The lowest BCUT2D eigenvalue weighted by Gasteiger charge is -2.11. The van der Waals surface area contributed by atoms with E-state index in [0.717, 1.165) is 5.56 Å². The number of benzene rings is 2. The third-order valence-corrected chi connectivity index (χ3v) is 5.76. The number of hydrogen-bond acceptors (Lipinski definition) is 4. The fourth-order valence-corrected chi connectivity index (χ4v) is 4.03. The van der Waals surface area contributed by atoms with Crippen LogP contribution in [0.3, 0.4) is 0 Å². The van der Waals surface area contributed by atoms with Crippen LogP contribution in [0.15, 0.2) is 77.0 Å². The predicted molar refractivity (Wildman–Crippen MR) is 126 cm³/mol. The first-order chi connectivity index (χ1) is 15.0. The molecule has 5 nitrogen and oxygen atoms in total. The van der Waals surface area contributed by atoms with Crippen LogP contribution in [-0.2, 0) is 10.5 Å². The van der Waals surface area contributed by atoms with Crippen LogP contribution in [0.4, 0.5) is 0 Å². The number of thioether (sulfide) groups is 1. The minimum absolute atomic E-state index is 0.106. The summed E-state index contributed by atoms with van der Waals surface area (Å²) in [4.78, 5) is 25.2. The van der Waals surface area contributed by atoms with E-state index in [1.54, 1.807) is 60.3 Å². The topological polar surface area (TPSA) is 71.3 Å². The van der Waals surface area contributed by atoms with E-state index in [4.69, 9.17) is 27.6 Å². The molecule has 160 valence electrons. The number of carbonyl (C=O) groups is 2. The Hall–Kier alpha value is -2.67. The summed E-state index contributed by atoms with van der Waals surface area (Å²) >= 11 is 13.7. The van der Waals surface area contributed by atoms with Crippen molar-refractivity contribution in [2.45, 2.75) is 5.75 Å². The molecule has 2 aromatic carbocycles. The highest BCUT2D eigenvalue weighted by atomic mass is 35.5. The van der Waals surface area contributed by atoms with Crippen LogP contribution in [-0.4, -0.2) is 24.1 Å². The van der Waals surface area contributed by atoms with Crippen LogP contribution in [0.1, 0.15) is 21.7 Å². The van der Waals surface area contributed by atoms with Gasteiger partial charge < -0.3 is 15.1 Å². The first-order valence-corrected chi connectivity index (χ1v) is 11.4. The SMILES string of the molecule is O=C(NCCSCc1ccc(Cl)cc1Cl)/C(=C/c1ccco1)NC(=O)c1ccccc1. The standard InChI is InChI=1S/C23H20Cl2N2O3S/c24-18-9-8-17(20(25)13-18)15-31-12-10-26-23(29)21(14-19-7-4-11-30-19)27-22(28)16-5-2-1-3-6-16/h1-9,11,13-14H,10,12,15H2,(H,26,29)(H,27,28)/b21-14-. The van der Waals surface area contributed by atoms with Gasteiger partial charge in [0.2, 0.25) is 0 Å². The van der Waals surface area contributed by atoms with Gasteiger partial charge in [-0.2, -0.15) is 11.8 Å². The molecule has 0 aliphatic carbocycles. The Bertz CT molecular complexity index is 1050. The fraction of sp³-hybridized carbons (Fsp3) is 0.130. The molecule has 0 unspecified atom stereocenters. The van der Waals surface area contributed by atoms with E-state index in [0.29, 0.717) is 39.4 Å². The number of rotatable bonds is 9. The lowest BCUT2D eigenvalue weighted by atomic mass is 10.2. The largest absolute Gasteiger partial charge is 0.465 e. The summed E-state index contributed by atoms with van der Waals surface area (Å²) in [7, 11) is 0. The number of nitrogens with one attached hydrogen (secondary N) is 2. The normalized spacial score (nSPS) is 11.2. The summed E-state index contributed by atoms with van der Waals surface area (Å²) in [5, 5.41) is 6.71. The molecule has 1 aromatic heterocycles. The molecule has 1 heterocycles. The second kappa shape index (κ2) is 11.6.